The number of ether oxygens (including phenoxy) is 1. The molecule has 0 heterocycles. The molecule has 1 N–H and O–H groups in total. The third-order valence-electron chi connectivity index (χ3n) is 4.60. The summed E-state index contributed by atoms with van der Waals surface area (Å²) in [5.41, 5.74) is -0.306. The van der Waals surface area contributed by atoms with Crippen molar-refractivity contribution in [2.75, 3.05) is 26.8 Å². The monoisotopic (exact) mass is 281 g/mol. The third-order valence-corrected chi connectivity index (χ3v) is 4.60. The molecule has 3 atom stereocenters. The van der Waals surface area contributed by atoms with Crippen molar-refractivity contribution < 1.29 is 4.74 Å². The lowest BCUT2D eigenvalue weighted by Gasteiger charge is -2.34. The first-order chi connectivity index (χ1) is 9.62. The van der Waals surface area contributed by atoms with Gasteiger partial charge in [0, 0.05) is 25.7 Å². The lowest BCUT2D eigenvalue weighted by Crippen LogP contribution is -2.46. The minimum atomic E-state index is -0.306. The average Bonchev–Trinajstić information content (AvgIpc) is 2.90. The standard InChI is InChI=1S/C16H31N3O/c1-5-9-18-16(13-17)8-7-15(12-16)19(10-11-20-4)14(3)6-2/h14-15,18H,5-12H2,1-4H3. The molecule has 3 unspecified atom stereocenters. The van der Waals surface area contributed by atoms with Crippen LogP contribution in [0.25, 0.3) is 0 Å². The highest BCUT2D eigenvalue weighted by Gasteiger charge is 2.41. The molecule has 0 bridgehead atoms. The highest BCUT2D eigenvalue weighted by atomic mass is 16.5. The van der Waals surface area contributed by atoms with Crippen molar-refractivity contribution >= 4 is 0 Å². The maximum atomic E-state index is 9.56. The fourth-order valence-electron chi connectivity index (χ4n) is 3.16. The Morgan fingerprint density at radius 2 is 2.25 bits per heavy atom. The number of nitriles is 1. The summed E-state index contributed by atoms with van der Waals surface area (Å²) in [6.45, 7) is 9.32. The molecule has 116 valence electrons. The van der Waals surface area contributed by atoms with E-state index in [1.54, 1.807) is 7.11 Å². The number of nitrogens with one attached hydrogen (secondary N) is 1. The SMILES string of the molecule is CCCNC1(C#N)CCC(N(CCOC)C(C)CC)C1. The minimum Gasteiger partial charge on any atom is -0.383 e. The molecule has 0 aromatic carbocycles. The van der Waals surface area contributed by atoms with E-state index in [-0.39, 0.29) is 5.54 Å². The van der Waals surface area contributed by atoms with Crippen molar-refractivity contribution in [3.63, 3.8) is 0 Å². The summed E-state index contributed by atoms with van der Waals surface area (Å²) in [7, 11) is 1.76. The van der Waals surface area contributed by atoms with Crippen LogP contribution in [0.4, 0.5) is 0 Å². The molecular weight excluding hydrogens is 250 g/mol. The Labute approximate surface area is 124 Å². The van der Waals surface area contributed by atoms with E-state index in [0.717, 1.165) is 51.8 Å². The van der Waals surface area contributed by atoms with Crippen molar-refractivity contribution in [1.82, 2.24) is 10.2 Å². The molecule has 0 saturated heterocycles. The van der Waals surface area contributed by atoms with Gasteiger partial charge in [-0.2, -0.15) is 5.26 Å². The summed E-state index contributed by atoms with van der Waals surface area (Å²) in [5.74, 6) is 0. The van der Waals surface area contributed by atoms with Crippen LogP contribution in [0.2, 0.25) is 0 Å². The molecule has 0 aromatic heterocycles. The summed E-state index contributed by atoms with van der Waals surface area (Å²) in [5, 5.41) is 13.0. The van der Waals surface area contributed by atoms with Gasteiger partial charge in [0.25, 0.3) is 0 Å². The highest BCUT2D eigenvalue weighted by molar-refractivity contribution is 5.13. The van der Waals surface area contributed by atoms with Crippen LogP contribution in [-0.2, 0) is 4.74 Å². The summed E-state index contributed by atoms with van der Waals surface area (Å²) >= 11 is 0. The van der Waals surface area contributed by atoms with Crippen molar-refractivity contribution in [3.05, 3.63) is 0 Å². The Balaban J connectivity index is 2.67. The fourth-order valence-corrected chi connectivity index (χ4v) is 3.16. The topological polar surface area (TPSA) is 48.3 Å². The zero-order valence-electron chi connectivity index (χ0n) is 13.6. The van der Waals surface area contributed by atoms with Crippen LogP contribution < -0.4 is 5.32 Å². The van der Waals surface area contributed by atoms with Gasteiger partial charge in [0.1, 0.15) is 5.54 Å². The van der Waals surface area contributed by atoms with Crippen LogP contribution in [0.1, 0.15) is 52.9 Å². The van der Waals surface area contributed by atoms with E-state index in [1.165, 1.54) is 0 Å². The summed E-state index contributed by atoms with van der Waals surface area (Å²) in [4.78, 5) is 2.54. The van der Waals surface area contributed by atoms with Crippen LogP contribution in [0.3, 0.4) is 0 Å². The lowest BCUT2D eigenvalue weighted by atomic mass is 9.98. The van der Waals surface area contributed by atoms with E-state index in [2.05, 4.69) is 37.1 Å². The Bertz CT molecular complexity index is 315. The van der Waals surface area contributed by atoms with E-state index in [1.807, 2.05) is 0 Å². The molecule has 4 nitrogen and oxygen atoms in total. The number of methoxy groups -OCH3 is 1. The van der Waals surface area contributed by atoms with Gasteiger partial charge in [0.2, 0.25) is 0 Å². The number of hydrogen-bond donors (Lipinski definition) is 1. The molecule has 1 aliphatic carbocycles. The Hall–Kier alpha value is -0.630. The number of hydrogen-bond acceptors (Lipinski definition) is 4. The Morgan fingerprint density at radius 3 is 2.80 bits per heavy atom. The van der Waals surface area contributed by atoms with Gasteiger partial charge in [-0.15, -0.1) is 0 Å². The van der Waals surface area contributed by atoms with Crippen molar-refractivity contribution in [3.8, 4) is 6.07 Å². The molecule has 0 aliphatic heterocycles. The van der Waals surface area contributed by atoms with Gasteiger partial charge in [-0.1, -0.05) is 13.8 Å². The molecule has 0 spiro atoms. The normalized spacial score (nSPS) is 27.7. The first kappa shape index (κ1) is 17.4. The average molecular weight is 281 g/mol. The quantitative estimate of drug-likeness (QED) is 0.705. The van der Waals surface area contributed by atoms with E-state index >= 15 is 0 Å². The summed E-state index contributed by atoms with van der Waals surface area (Å²) in [6, 6.07) is 3.60. The molecule has 0 radical (unpaired) electrons. The number of rotatable bonds is 9. The largest absolute Gasteiger partial charge is 0.383 e. The van der Waals surface area contributed by atoms with Gasteiger partial charge in [-0.3, -0.25) is 10.2 Å². The highest BCUT2D eigenvalue weighted by Crippen LogP contribution is 2.34. The second-order valence-corrected chi connectivity index (χ2v) is 6.01. The van der Waals surface area contributed by atoms with E-state index in [4.69, 9.17) is 4.74 Å². The van der Waals surface area contributed by atoms with Crippen LogP contribution in [0, 0.1) is 11.3 Å². The number of nitrogens with zero attached hydrogens (tertiary/aromatic N) is 2. The van der Waals surface area contributed by atoms with Crippen LogP contribution in [0.5, 0.6) is 0 Å². The zero-order chi connectivity index (χ0) is 15.0. The van der Waals surface area contributed by atoms with Crippen LogP contribution in [0.15, 0.2) is 0 Å². The van der Waals surface area contributed by atoms with Crippen molar-refractivity contribution in [1.29, 1.82) is 5.26 Å². The maximum Gasteiger partial charge on any atom is 0.108 e. The Morgan fingerprint density at radius 1 is 1.50 bits per heavy atom. The predicted octanol–water partition coefficient (Wildman–Crippen LogP) is 2.55. The van der Waals surface area contributed by atoms with Gasteiger partial charge in [0.15, 0.2) is 0 Å². The first-order valence-corrected chi connectivity index (χ1v) is 8.03. The second-order valence-electron chi connectivity index (χ2n) is 6.01. The molecule has 1 saturated carbocycles. The summed E-state index contributed by atoms with van der Waals surface area (Å²) < 4.78 is 5.25. The predicted molar refractivity (Wildman–Crippen MR) is 82.6 cm³/mol. The van der Waals surface area contributed by atoms with Gasteiger partial charge >= 0.3 is 0 Å². The molecule has 20 heavy (non-hydrogen) atoms. The first-order valence-electron chi connectivity index (χ1n) is 8.03. The van der Waals surface area contributed by atoms with Gasteiger partial charge < -0.3 is 4.74 Å². The fraction of sp³-hybridized carbons (Fsp3) is 0.938. The lowest BCUT2D eigenvalue weighted by molar-refractivity contribution is 0.0876. The summed E-state index contributed by atoms with van der Waals surface area (Å²) in [6.07, 6.45) is 5.24. The van der Waals surface area contributed by atoms with Crippen LogP contribution in [-0.4, -0.2) is 49.3 Å². The van der Waals surface area contributed by atoms with Gasteiger partial charge in [-0.05, 0) is 45.6 Å². The van der Waals surface area contributed by atoms with Crippen molar-refractivity contribution in [2.24, 2.45) is 0 Å². The third kappa shape index (κ3) is 4.44. The minimum absolute atomic E-state index is 0.306. The molecule has 1 fully saturated rings. The van der Waals surface area contributed by atoms with Gasteiger partial charge in [0.05, 0.1) is 12.7 Å². The molecule has 1 aliphatic rings. The van der Waals surface area contributed by atoms with Crippen molar-refractivity contribution in [2.45, 2.75) is 70.5 Å². The molecule has 0 amide bonds. The van der Waals surface area contributed by atoms with E-state index in [0.29, 0.717) is 12.1 Å². The Kier molecular flexibility index (Phi) is 7.50. The second kappa shape index (κ2) is 8.61. The molecule has 0 aromatic rings. The van der Waals surface area contributed by atoms with E-state index < -0.39 is 0 Å². The van der Waals surface area contributed by atoms with Gasteiger partial charge in [-0.25, -0.2) is 0 Å². The zero-order valence-corrected chi connectivity index (χ0v) is 13.6. The molecular formula is C16H31N3O. The van der Waals surface area contributed by atoms with E-state index in [9.17, 15) is 5.26 Å². The maximum absolute atomic E-state index is 9.56. The molecule has 4 heteroatoms. The molecule has 1 rings (SSSR count). The smallest absolute Gasteiger partial charge is 0.108 e. The van der Waals surface area contributed by atoms with Crippen LogP contribution >= 0.6 is 0 Å².